The fourth-order valence-corrected chi connectivity index (χ4v) is 2.85. The molecule has 0 spiro atoms. The zero-order valence-electron chi connectivity index (χ0n) is 15.7. The molecule has 2 N–H and O–H groups in total. The predicted molar refractivity (Wildman–Crippen MR) is 102 cm³/mol. The van der Waals surface area contributed by atoms with Gasteiger partial charge in [0.2, 0.25) is 17.7 Å². The summed E-state index contributed by atoms with van der Waals surface area (Å²) >= 11 is 1.60. The second kappa shape index (κ2) is 8.95. The maximum Gasteiger partial charge on any atom is 0.240 e. The first-order valence-electron chi connectivity index (χ1n) is 8.56. The number of likely N-dealkylation sites (N-methyl/N-ethyl adjacent to an activating group) is 1. The Balaban J connectivity index is 1.79. The van der Waals surface area contributed by atoms with E-state index in [2.05, 4.69) is 15.8 Å². The molecule has 0 fully saturated rings. The Labute approximate surface area is 157 Å². The molecule has 2 heterocycles. The molecule has 7 nitrogen and oxygen atoms in total. The number of amides is 2. The van der Waals surface area contributed by atoms with Crippen LogP contribution in [-0.2, 0) is 21.5 Å². The number of aromatic nitrogens is 1. The molecule has 0 atom stereocenters. The molecular weight excluding hydrogens is 352 g/mol. The van der Waals surface area contributed by atoms with Gasteiger partial charge in [-0.3, -0.25) is 19.8 Å². The summed E-state index contributed by atoms with van der Waals surface area (Å²) in [6, 6.07) is 5.64. The minimum Gasteiger partial charge on any atom is -0.350 e. The molecule has 0 aromatic carbocycles. The van der Waals surface area contributed by atoms with E-state index in [4.69, 9.17) is 4.52 Å². The van der Waals surface area contributed by atoms with Crippen molar-refractivity contribution in [2.24, 2.45) is 0 Å². The van der Waals surface area contributed by atoms with Crippen LogP contribution in [0.15, 0.2) is 28.1 Å². The van der Waals surface area contributed by atoms with Crippen molar-refractivity contribution in [2.75, 3.05) is 25.0 Å². The number of nitrogens with zero attached hydrogens (tertiary/aromatic N) is 2. The number of hydrogen-bond donors (Lipinski definition) is 2. The van der Waals surface area contributed by atoms with Crippen molar-refractivity contribution in [3.8, 4) is 0 Å². The Kier molecular flexibility index (Phi) is 6.93. The summed E-state index contributed by atoms with van der Waals surface area (Å²) in [5.41, 5.74) is 0.621. The summed E-state index contributed by atoms with van der Waals surface area (Å²) < 4.78 is 5.16. The lowest BCUT2D eigenvalue weighted by atomic mass is 9.92. The van der Waals surface area contributed by atoms with E-state index in [0.29, 0.717) is 19.0 Å². The second-order valence-electron chi connectivity index (χ2n) is 7.03. The molecule has 0 saturated heterocycles. The van der Waals surface area contributed by atoms with Crippen LogP contribution < -0.4 is 10.6 Å². The topological polar surface area (TPSA) is 87.5 Å². The number of rotatable bonds is 8. The van der Waals surface area contributed by atoms with E-state index in [1.54, 1.807) is 22.3 Å². The van der Waals surface area contributed by atoms with Crippen molar-refractivity contribution < 1.29 is 14.1 Å². The molecule has 2 aromatic rings. The van der Waals surface area contributed by atoms with Gasteiger partial charge in [-0.1, -0.05) is 38.9 Å². The zero-order valence-corrected chi connectivity index (χ0v) is 16.5. The van der Waals surface area contributed by atoms with Gasteiger partial charge in [0.05, 0.1) is 25.3 Å². The highest BCUT2D eigenvalue weighted by Gasteiger charge is 2.20. The number of carbonyl (C=O) groups excluding carboxylic acids is 2. The normalized spacial score (nSPS) is 11.6. The number of thiophene rings is 1. The number of carbonyl (C=O) groups is 2. The predicted octanol–water partition coefficient (Wildman–Crippen LogP) is 2.61. The molecule has 0 radical (unpaired) electrons. The number of hydrogen-bond acceptors (Lipinski definition) is 6. The van der Waals surface area contributed by atoms with Crippen LogP contribution in [0.1, 0.15) is 38.3 Å². The van der Waals surface area contributed by atoms with Gasteiger partial charge >= 0.3 is 0 Å². The molecular formula is C18H26N4O3S. The summed E-state index contributed by atoms with van der Waals surface area (Å²) in [6.07, 6.45) is 0. The molecule has 0 bridgehead atoms. The molecule has 0 aliphatic carbocycles. The second-order valence-corrected chi connectivity index (χ2v) is 8.07. The maximum atomic E-state index is 12.2. The zero-order chi connectivity index (χ0) is 19.2. The molecule has 0 saturated carbocycles. The highest BCUT2D eigenvalue weighted by Crippen LogP contribution is 2.23. The van der Waals surface area contributed by atoms with Crippen molar-refractivity contribution in [3.05, 3.63) is 34.2 Å². The Hall–Kier alpha value is -2.19. The first-order valence-corrected chi connectivity index (χ1v) is 9.44. The SMILES string of the molecule is CCN(CC(=O)NCc1cccs1)CC(=O)Nc1cc(C(C)(C)C)no1. The average Bonchev–Trinajstić information content (AvgIpc) is 3.23. The number of nitrogens with one attached hydrogen (secondary N) is 2. The van der Waals surface area contributed by atoms with Gasteiger partial charge in [0.15, 0.2) is 0 Å². The lowest BCUT2D eigenvalue weighted by molar-refractivity contribution is -0.123. The van der Waals surface area contributed by atoms with E-state index >= 15 is 0 Å². The monoisotopic (exact) mass is 378 g/mol. The maximum absolute atomic E-state index is 12.2. The van der Waals surface area contributed by atoms with E-state index in [0.717, 1.165) is 10.6 Å². The highest BCUT2D eigenvalue weighted by molar-refractivity contribution is 7.09. The van der Waals surface area contributed by atoms with Gasteiger partial charge in [-0.05, 0) is 18.0 Å². The van der Waals surface area contributed by atoms with Crippen molar-refractivity contribution >= 4 is 29.0 Å². The highest BCUT2D eigenvalue weighted by atomic mass is 32.1. The van der Waals surface area contributed by atoms with Crippen molar-refractivity contribution in [2.45, 2.75) is 39.7 Å². The van der Waals surface area contributed by atoms with Gasteiger partial charge in [0.25, 0.3) is 0 Å². The standard InChI is InChI=1S/C18H26N4O3S/c1-5-22(11-15(23)19-10-13-7-6-8-26-13)12-16(24)20-17-9-14(21-25-17)18(2,3)4/h6-9H,5,10-12H2,1-4H3,(H,19,23)(H,20,24). The third kappa shape index (κ3) is 6.27. The van der Waals surface area contributed by atoms with Gasteiger partial charge in [-0.15, -0.1) is 11.3 Å². The Morgan fingerprint density at radius 3 is 2.58 bits per heavy atom. The molecule has 0 aliphatic heterocycles. The Morgan fingerprint density at radius 1 is 1.27 bits per heavy atom. The minimum atomic E-state index is -0.241. The van der Waals surface area contributed by atoms with Gasteiger partial charge in [0.1, 0.15) is 0 Å². The van der Waals surface area contributed by atoms with Gasteiger partial charge < -0.3 is 9.84 Å². The molecule has 0 aliphatic rings. The largest absolute Gasteiger partial charge is 0.350 e. The summed E-state index contributed by atoms with van der Waals surface area (Å²) in [4.78, 5) is 27.1. The summed E-state index contributed by atoms with van der Waals surface area (Å²) in [5, 5.41) is 11.5. The quantitative estimate of drug-likeness (QED) is 0.737. The first-order chi connectivity index (χ1) is 12.3. The lowest BCUT2D eigenvalue weighted by Crippen LogP contribution is -2.40. The molecule has 2 amide bonds. The van der Waals surface area contributed by atoms with E-state index in [1.165, 1.54) is 0 Å². The van der Waals surface area contributed by atoms with Crippen LogP contribution >= 0.6 is 11.3 Å². The van der Waals surface area contributed by atoms with Gasteiger partial charge in [-0.25, -0.2) is 0 Å². The molecule has 0 unspecified atom stereocenters. The summed E-state index contributed by atoms with van der Waals surface area (Å²) in [5.74, 6) is -0.0321. The van der Waals surface area contributed by atoms with Crippen LogP contribution in [0.25, 0.3) is 0 Å². The van der Waals surface area contributed by atoms with Crippen LogP contribution in [-0.4, -0.2) is 41.5 Å². The Bertz CT molecular complexity index is 719. The molecule has 8 heteroatoms. The van der Waals surface area contributed by atoms with Crippen molar-refractivity contribution in [1.29, 1.82) is 0 Å². The Morgan fingerprint density at radius 2 is 2.00 bits per heavy atom. The van der Waals surface area contributed by atoms with E-state index in [9.17, 15) is 9.59 Å². The minimum absolute atomic E-state index is 0.106. The fraction of sp³-hybridized carbons (Fsp3) is 0.500. The van der Waals surface area contributed by atoms with Gasteiger partial charge in [0, 0.05) is 16.4 Å². The van der Waals surface area contributed by atoms with E-state index < -0.39 is 0 Å². The van der Waals surface area contributed by atoms with Crippen molar-refractivity contribution in [1.82, 2.24) is 15.4 Å². The average molecular weight is 378 g/mol. The van der Waals surface area contributed by atoms with E-state index in [1.807, 2.05) is 45.2 Å². The third-order valence-corrected chi connectivity index (χ3v) is 4.64. The molecule has 142 valence electrons. The van der Waals surface area contributed by atoms with Crippen LogP contribution in [0.2, 0.25) is 0 Å². The summed E-state index contributed by atoms with van der Waals surface area (Å²) in [6.45, 7) is 9.33. The van der Waals surface area contributed by atoms with Crippen LogP contribution in [0.4, 0.5) is 5.88 Å². The third-order valence-electron chi connectivity index (χ3n) is 3.76. The first kappa shape index (κ1) is 20.1. The molecule has 2 aromatic heterocycles. The number of anilines is 1. The fourth-order valence-electron chi connectivity index (χ4n) is 2.20. The summed E-state index contributed by atoms with van der Waals surface area (Å²) in [7, 11) is 0. The molecule has 26 heavy (non-hydrogen) atoms. The van der Waals surface area contributed by atoms with Crippen LogP contribution in [0, 0.1) is 0 Å². The molecule has 2 rings (SSSR count). The van der Waals surface area contributed by atoms with E-state index in [-0.39, 0.29) is 30.3 Å². The van der Waals surface area contributed by atoms with Crippen molar-refractivity contribution in [3.63, 3.8) is 0 Å². The smallest absolute Gasteiger partial charge is 0.240 e. The van der Waals surface area contributed by atoms with Crippen LogP contribution in [0.5, 0.6) is 0 Å². The van der Waals surface area contributed by atoms with Crippen LogP contribution in [0.3, 0.4) is 0 Å². The van der Waals surface area contributed by atoms with Gasteiger partial charge in [-0.2, -0.15) is 0 Å². The lowest BCUT2D eigenvalue weighted by Gasteiger charge is -2.18.